The Bertz CT molecular complexity index is 1050. The van der Waals surface area contributed by atoms with Crippen molar-refractivity contribution in [3.8, 4) is 11.5 Å². The zero-order valence-electron chi connectivity index (χ0n) is 14.9. The van der Waals surface area contributed by atoms with Gasteiger partial charge in [-0.15, -0.1) is 0 Å². The van der Waals surface area contributed by atoms with Gasteiger partial charge in [-0.25, -0.2) is 5.43 Å². The normalized spacial score (nSPS) is 10.8. The number of amides is 1. The van der Waals surface area contributed by atoms with Crippen LogP contribution in [0.15, 0.2) is 64.3 Å². The van der Waals surface area contributed by atoms with Gasteiger partial charge in [-0.3, -0.25) is 14.6 Å². The Hall–Kier alpha value is -3.26. The molecule has 1 aromatic heterocycles. The molecular formula is C20H16BrN3O4. The summed E-state index contributed by atoms with van der Waals surface area (Å²) in [5.41, 5.74) is 3.59. The van der Waals surface area contributed by atoms with Gasteiger partial charge in [0.05, 0.1) is 6.21 Å². The molecule has 0 atom stereocenters. The van der Waals surface area contributed by atoms with Crippen molar-refractivity contribution in [2.45, 2.75) is 6.92 Å². The Morgan fingerprint density at radius 1 is 1.18 bits per heavy atom. The first-order chi connectivity index (χ1) is 13.5. The lowest BCUT2D eigenvalue weighted by atomic mass is 10.2. The molecule has 28 heavy (non-hydrogen) atoms. The maximum absolute atomic E-state index is 12.0. The van der Waals surface area contributed by atoms with E-state index in [1.165, 1.54) is 13.1 Å². The van der Waals surface area contributed by atoms with Gasteiger partial charge in [0.2, 0.25) is 0 Å². The molecule has 1 heterocycles. The van der Waals surface area contributed by atoms with E-state index < -0.39 is 11.9 Å². The largest absolute Gasteiger partial charge is 0.481 e. The van der Waals surface area contributed by atoms with Gasteiger partial charge in [0.15, 0.2) is 6.61 Å². The van der Waals surface area contributed by atoms with Crippen LogP contribution in [0.3, 0.4) is 0 Å². The van der Waals surface area contributed by atoms with Gasteiger partial charge < -0.3 is 9.47 Å². The predicted molar refractivity (Wildman–Crippen MR) is 108 cm³/mol. The molecular weight excluding hydrogens is 426 g/mol. The molecule has 0 aliphatic carbocycles. The highest BCUT2D eigenvalue weighted by atomic mass is 79.9. The van der Waals surface area contributed by atoms with Crippen molar-refractivity contribution in [3.05, 3.63) is 64.8 Å². The van der Waals surface area contributed by atoms with E-state index in [0.717, 1.165) is 9.86 Å². The Morgan fingerprint density at radius 3 is 2.82 bits per heavy atom. The Labute approximate surface area is 169 Å². The SMILES string of the molecule is CC(=O)Oc1ccc(Br)cc1/C=N\NC(=O)COc1cccc2cccnc12. The van der Waals surface area contributed by atoms with Crippen LogP contribution in [0.1, 0.15) is 12.5 Å². The number of hydrogen-bond acceptors (Lipinski definition) is 6. The number of aromatic nitrogens is 1. The highest BCUT2D eigenvalue weighted by Crippen LogP contribution is 2.23. The smallest absolute Gasteiger partial charge is 0.308 e. The topological polar surface area (TPSA) is 89.9 Å². The van der Waals surface area contributed by atoms with Gasteiger partial charge in [0, 0.05) is 28.5 Å². The van der Waals surface area contributed by atoms with Gasteiger partial charge in [0.25, 0.3) is 5.91 Å². The number of halogens is 1. The van der Waals surface area contributed by atoms with Gasteiger partial charge in [-0.2, -0.15) is 5.10 Å². The van der Waals surface area contributed by atoms with Crippen LogP contribution in [0.4, 0.5) is 0 Å². The van der Waals surface area contributed by atoms with Crippen molar-refractivity contribution >= 4 is 44.9 Å². The third-order valence-electron chi connectivity index (χ3n) is 3.57. The highest BCUT2D eigenvalue weighted by Gasteiger charge is 2.07. The summed E-state index contributed by atoms with van der Waals surface area (Å²) in [6, 6.07) is 14.3. The monoisotopic (exact) mass is 441 g/mol. The second-order valence-corrected chi connectivity index (χ2v) is 6.60. The van der Waals surface area contributed by atoms with E-state index in [4.69, 9.17) is 9.47 Å². The number of para-hydroxylation sites is 1. The Morgan fingerprint density at radius 2 is 2.00 bits per heavy atom. The van der Waals surface area contributed by atoms with Gasteiger partial charge in [-0.05, 0) is 30.3 Å². The van der Waals surface area contributed by atoms with Crippen LogP contribution in [0.25, 0.3) is 10.9 Å². The standard InChI is InChI=1S/C20H16BrN3O4/c1-13(25)28-17-8-7-16(21)10-15(17)11-23-24-19(26)12-27-18-6-2-4-14-5-3-9-22-20(14)18/h2-11H,12H2,1H3,(H,24,26)/b23-11-. The minimum atomic E-state index is -0.446. The summed E-state index contributed by atoms with van der Waals surface area (Å²) in [4.78, 5) is 27.5. The molecule has 2 aromatic carbocycles. The number of esters is 1. The van der Waals surface area contributed by atoms with Crippen LogP contribution < -0.4 is 14.9 Å². The zero-order valence-corrected chi connectivity index (χ0v) is 16.5. The first-order valence-electron chi connectivity index (χ1n) is 8.29. The predicted octanol–water partition coefficient (Wildman–Crippen LogP) is 3.45. The van der Waals surface area contributed by atoms with Crippen LogP contribution in [-0.4, -0.2) is 29.7 Å². The van der Waals surface area contributed by atoms with Crippen LogP contribution in [0, 0.1) is 0 Å². The van der Waals surface area contributed by atoms with Gasteiger partial charge in [-0.1, -0.05) is 34.1 Å². The molecule has 0 aliphatic rings. The van der Waals surface area contributed by atoms with E-state index in [1.54, 1.807) is 30.5 Å². The summed E-state index contributed by atoms with van der Waals surface area (Å²) >= 11 is 3.34. The number of pyridine rings is 1. The quantitative estimate of drug-likeness (QED) is 0.273. The summed E-state index contributed by atoms with van der Waals surface area (Å²) in [6.07, 6.45) is 3.05. The maximum atomic E-state index is 12.0. The third-order valence-corrected chi connectivity index (χ3v) is 4.07. The number of rotatable bonds is 6. The van der Waals surface area contributed by atoms with E-state index >= 15 is 0 Å². The second-order valence-electron chi connectivity index (χ2n) is 5.69. The number of hydrazone groups is 1. The van der Waals surface area contributed by atoms with E-state index in [0.29, 0.717) is 22.6 Å². The number of ether oxygens (including phenoxy) is 2. The molecule has 142 valence electrons. The zero-order chi connectivity index (χ0) is 19.9. The molecule has 0 unspecified atom stereocenters. The lowest BCUT2D eigenvalue weighted by Gasteiger charge is -2.08. The summed E-state index contributed by atoms with van der Waals surface area (Å²) in [6.45, 7) is 1.09. The van der Waals surface area contributed by atoms with Crippen LogP contribution in [-0.2, 0) is 9.59 Å². The molecule has 7 nitrogen and oxygen atoms in total. The molecule has 0 aliphatic heterocycles. The average molecular weight is 442 g/mol. The lowest BCUT2D eigenvalue weighted by Crippen LogP contribution is -2.24. The van der Waals surface area contributed by atoms with Crippen molar-refractivity contribution in [2.75, 3.05) is 6.61 Å². The van der Waals surface area contributed by atoms with Crippen molar-refractivity contribution in [3.63, 3.8) is 0 Å². The molecule has 8 heteroatoms. The summed E-state index contributed by atoms with van der Waals surface area (Å²) < 4.78 is 11.4. The molecule has 0 radical (unpaired) electrons. The molecule has 0 saturated carbocycles. The third kappa shape index (κ3) is 5.14. The minimum absolute atomic E-state index is 0.220. The summed E-state index contributed by atoms with van der Waals surface area (Å²) in [5.74, 6) is -0.0283. The van der Waals surface area contributed by atoms with E-state index in [2.05, 4.69) is 31.4 Å². The van der Waals surface area contributed by atoms with E-state index in [9.17, 15) is 9.59 Å². The minimum Gasteiger partial charge on any atom is -0.481 e. The fourth-order valence-corrected chi connectivity index (χ4v) is 2.79. The number of carbonyl (C=O) groups is 2. The molecule has 0 fully saturated rings. The number of nitrogens with zero attached hydrogens (tertiary/aromatic N) is 2. The number of fused-ring (bicyclic) bond motifs is 1. The number of carbonyl (C=O) groups excluding carboxylic acids is 2. The second kappa shape index (κ2) is 9.09. The average Bonchev–Trinajstić information content (AvgIpc) is 2.68. The Kier molecular flexibility index (Phi) is 6.33. The van der Waals surface area contributed by atoms with Crippen LogP contribution in [0.2, 0.25) is 0 Å². The van der Waals surface area contributed by atoms with Gasteiger partial charge in [0.1, 0.15) is 17.0 Å². The molecule has 0 spiro atoms. The summed E-state index contributed by atoms with van der Waals surface area (Å²) in [5, 5.41) is 4.82. The number of hydrogen-bond donors (Lipinski definition) is 1. The Balaban J connectivity index is 1.61. The molecule has 0 bridgehead atoms. The maximum Gasteiger partial charge on any atom is 0.308 e. The van der Waals surface area contributed by atoms with Gasteiger partial charge >= 0.3 is 5.97 Å². The molecule has 0 saturated heterocycles. The lowest BCUT2D eigenvalue weighted by molar-refractivity contribution is -0.132. The molecule has 1 amide bonds. The first-order valence-corrected chi connectivity index (χ1v) is 9.08. The van der Waals surface area contributed by atoms with Crippen molar-refractivity contribution < 1.29 is 19.1 Å². The fraction of sp³-hybridized carbons (Fsp3) is 0.100. The van der Waals surface area contributed by atoms with Crippen LogP contribution in [0.5, 0.6) is 11.5 Å². The van der Waals surface area contributed by atoms with Crippen LogP contribution >= 0.6 is 15.9 Å². The molecule has 3 aromatic rings. The number of benzene rings is 2. The highest BCUT2D eigenvalue weighted by molar-refractivity contribution is 9.10. The van der Waals surface area contributed by atoms with E-state index in [-0.39, 0.29) is 6.61 Å². The van der Waals surface area contributed by atoms with Crippen molar-refractivity contribution in [1.82, 2.24) is 10.4 Å². The molecule has 3 rings (SSSR count). The summed E-state index contributed by atoms with van der Waals surface area (Å²) in [7, 11) is 0. The fourth-order valence-electron chi connectivity index (χ4n) is 2.41. The van der Waals surface area contributed by atoms with Crippen molar-refractivity contribution in [2.24, 2.45) is 5.10 Å². The molecule has 1 N–H and O–H groups in total. The number of nitrogens with one attached hydrogen (secondary N) is 1. The first kappa shape index (κ1) is 19.5. The van der Waals surface area contributed by atoms with Crippen molar-refractivity contribution in [1.29, 1.82) is 0 Å². The van der Waals surface area contributed by atoms with E-state index in [1.807, 2.05) is 24.3 Å².